The lowest BCUT2D eigenvalue weighted by molar-refractivity contribution is 0.102. The highest BCUT2D eigenvalue weighted by atomic mass is 32.2. The highest BCUT2D eigenvalue weighted by Crippen LogP contribution is 2.41. The molecule has 0 atom stereocenters. The molecule has 5 rings (SSSR count). The number of sulfonamides is 1. The number of aryl methyl sites for hydroxylation is 1. The van der Waals surface area contributed by atoms with Crippen LogP contribution in [0.3, 0.4) is 0 Å². The van der Waals surface area contributed by atoms with Gasteiger partial charge in [-0.3, -0.25) is 4.79 Å². The topological polar surface area (TPSA) is 82.2 Å². The molecular formula is C24H30N4O4S. The highest BCUT2D eigenvalue weighted by Gasteiger charge is 2.34. The number of ether oxygens (including phenoxy) is 1. The van der Waals surface area contributed by atoms with Crippen LogP contribution >= 0.6 is 0 Å². The molecule has 0 aliphatic carbocycles. The maximum atomic E-state index is 13.7. The zero-order chi connectivity index (χ0) is 23.2. The molecule has 176 valence electrons. The number of hydrogen-bond donors (Lipinski definition) is 1. The van der Waals surface area contributed by atoms with E-state index in [0.717, 1.165) is 51.1 Å². The van der Waals surface area contributed by atoms with E-state index in [0.29, 0.717) is 36.0 Å². The van der Waals surface area contributed by atoms with Crippen molar-refractivity contribution in [3.05, 3.63) is 41.5 Å². The molecule has 0 aromatic heterocycles. The Bertz CT molecular complexity index is 1180. The first-order valence-corrected chi connectivity index (χ1v) is 13.1. The van der Waals surface area contributed by atoms with E-state index in [-0.39, 0.29) is 16.4 Å². The number of nitrogens with zero attached hydrogens (tertiary/aromatic N) is 3. The average Bonchev–Trinajstić information content (AvgIpc) is 3.32. The highest BCUT2D eigenvalue weighted by molar-refractivity contribution is 7.89. The van der Waals surface area contributed by atoms with Gasteiger partial charge in [-0.1, -0.05) is 13.0 Å². The molecule has 3 heterocycles. The summed E-state index contributed by atoms with van der Waals surface area (Å²) in [5.41, 5.74) is 2.42. The summed E-state index contributed by atoms with van der Waals surface area (Å²) in [5.74, 6) is 0.558. The van der Waals surface area contributed by atoms with Gasteiger partial charge in [0.2, 0.25) is 10.0 Å². The molecular weight excluding hydrogens is 440 g/mol. The molecule has 33 heavy (non-hydrogen) atoms. The lowest BCUT2D eigenvalue weighted by Crippen LogP contribution is -2.46. The normalized spacial score (nSPS) is 19.5. The first-order chi connectivity index (χ1) is 15.9. The van der Waals surface area contributed by atoms with Crippen molar-refractivity contribution in [2.24, 2.45) is 0 Å². The van der Waals surface area contributed by atoms with Gasteiger partial charge in [-0.05, 0) is 50.1 Å². The number of amides is 1. The summed E-state index contributed by atoms with van der Waals surface area (Å²) in [4.78, 5) is 17.8. The molecule has 1 N–H and O–H groups in total. The van der Waals surface area contributed by atoms with Gasteiger partial charge in [0.15, 0.2) is 5.75 Å². The van der Waals surface area contributed by atoms with Crippen molar-refractivity contribution in [2.75, 3.05) is 56.0 Å². The van der Waals surface area contributed by atoms with E-state index in [1.165, 1.54) is 10.4 Å². The van der Waals surface area contributed by atoms with Gasteiger partial charge in [0.25, 0.3) is 5.91 Å². The molecule has 8 nitrogen and oxygen atoms in total. The van der Waals surface area contributed by atoms with E-state index >= 15 is 0 Å². The van der Waals surface area contributed by atoms with E-state index in [1.807, 2.05) is 25.1 Å². The molecule has 2 aromatic carbocycles. The summed E-state index contributed by atoms with van der Waals surface area (Å²) in [7, 11) is -3.74. The largest absolute Gasteiger partial charge is 0.454 e. The molecule has 1 amide bonds. The van der Waals surface area contributed by atoms with Crippen LogP contribution in [0.15, 0.2) is 35.2 Å². The van der Waals surface area contributed by atoms with Crippen LogP contribution in [-0.4, -0.2) is 69.3 Å². The van der Waals surface area contributed by atoms with Crippen molar-refractivity contribution < 1.29 is 17.9 Å². The third-order valence-corrected chi connectivity index (χ3v) is 8.68. The summed E-state index contributed by atoms with van der Waals surface area (Å²) in [6.45, 7) is 9.23. The van der Waals surface area contributed by atoms with Gasteiger partial charge < -0.3 is 19.9 Å². The first-order valence-electron chi connectivity index (χ1n) is 11.6. The monoisotopic (exact) mass is 470 g/mol. The fourth-order valence-electron chi connectivity index (χ4n) is 4.78. The Kier molecular flexibility index (Phi) is 5.80. The van der Waals surface area contributed by atoms with Crippen LogP contribution in [0.5, 0.6) is 11.5 Å². The maximum Gasteiger partial charge on any atom is 0.259 e. The van der Waals surface area contributed by atoms with E-state index < -0.39 is 10.0 Å². The fraction of sp³-hybridized carbons (Fsp3) is 0.458. The third-order valence-electron chi connectivity index (χ3n) is 6.75. The standard InChI is InChI=1S/C24H30N4O4S/c1-3-26-10-12-27(13-11-26)20-16-22-18(15-23(20)33(30,31)28-8-4-5-9-28)24(29)25-19-14-17(2)6-7-21(19)32-22/h6-7,14-16H,3-5,8-13H2,1-2H3,(H,25,29). The molecule has 2 aromatic rings. The molecule has 0 saturated carbocycles. The van der Waals surface area contributed by atoms with Gasteiger partial charge in [-0.2, -0.15) is 4.31 Å². The number of anilines is 2. The molecule has 2 fully saturated rings. The Morgan fingerprint density at radius 1 is 0.970 bits per heavy atom. The SMILES string of the molecule is CCN1CCN(c2cc3c(cc2S(=O)(=O)N2CCCC2)C(=O)Nc2cc(C)ccc2O3)CC1. The minimum absolute atomic E-state index is 0.189. The number of piperazine rings is 1. The quantitative estimate of drug-likeness (QED) is 0.739. The smallest absolute Gasteiger partial charge is 0.259 e. The maximum absolute atomic E-state index is 13.7. The van der Waals surface area contributed by atoms with E-state index in [4.69, 9.17) is 4.74 Å². The van der Waals surface area contributed by atoms with Crippen LogP contribution in [0.25, 0.3) is 0 Å². The van der Waals surface area contributed by atoms with E-state index in [9.17, 15) is 13.2 Å². The van der Waals surface area contributed by atoms with Crippen LogP contribution in [0.1, 0.15) is 35.7 Å². The minimum Gasteiger partial charge on any atom is -0.454 e. The van der Waals surface area contributed by atoms with Crippen LogP contribution in [0.4, 0.5) is 11.4 Å². The van der Waals surface area contributed by atoms with Crippen LogP contribution in [0, 0.1) is 6.92 Å². The second-order valence-corrected chi connectivity index (χ2v) is 10.8. The summed E-state index contributed by atoms with van der Waals surface area (Å²) in [6.07, 6.45) is 1.71. The van der Waals surface area contributed by atoms with Crippen molar-refractivity contribution in [2.45, 2.75) is 31.6 Å². The molecule has 3 aliphatic heterocycles. The number of carbonyl (C=O) groups excluding carboxylic acids is 1. The first kappa shape index (κ1) is 22.2. The van der Waals surface area contributed by atoms with Crippen LogP contribution in [-0.2, 0) is 10.0 Å². The number of likely N-dealkylation sites (N-methyl/N-ethyl adjacent to an activating group) is 1. The van der Waals surface area contributed by atoms with Crippen molar-refractivity contribution in [1.29, 1.82) is 0 Å². The van der Waals surface area contributed by atoms with Crippen molar-refractivity contribution in [3.8, 4) is 11.5 Å². The molecule has 9 heteroatoms. The lowest BCUT2D eigenvalue weighted by Gasteiger charge is -2.37. The van der Waals surface area contributed by atoms with Gasteiger partial charge in [-0.15, -0.1) is 0 Å². The Labute approximate surface area is 195 Å². The molecule has 0 bridgehead atoms. The number of hydrogen-bond acceptors (Lipinski definition) is 6. The van der Waals surface area contributed by atoms with E-state index in [1.54, 1.807) is 6.07 Å². The predicted octanol–water partition coefficient (Wildman–Crippen LogP) is 3.28. The van der Waals surface area contributed by atoms with Crippen LogP contribution < -0.4 is 15.0 Å². The summed E-state index contributed by atoms with van der Waals surface area (Å²) in [5, 5.41) is 2.89. The average molecular weight is 471 g/mol. The minimum atomic E-state index is -3.74. The second-order valence-electron chi connectivity index (χ2n) is 8.90. The number of nitrogens with one attached hydrogen (secondary N) is 1. The van der Waals surface area contributed by atoms with Gasteiger partial charge in [0.1, 0.15) is 10.6 Å². The zero-order valence-electron chi connectivity index (χ0n) is 19.1. The summed E-state index contributed by atoms with van der Waals surface area (Å²) >= 11 is 0. The van der Waals surface area contributed by atoms with Crippen molar-refractivity contribution in [1.82, 2.24) is 9.21 Å². The van der Waals surface area contributed by atoms with E-state index in [2.05, 4.69) is 22.0 Å². The number of rotatable bonds is 4. The van der Waals surface area contributed by atoms with Gasteiger partial charge in [0.05, 0.1) is 16.9 Å². The predicted molar refractivity (Wildman–Crippen MR) is 128 cm³/mol. The zero-order valence-corrected chi connectivity index (χ0v) is 20.0. The molecule has 0 radical (unpaired) electrons. The fourth-order valence-corrected chi connectivity index (χ4v) is 6.51. The summed E-state index contributed by atoms with van der Waals surface area (Å²) < 4.78 is 35.1. The van der Waals surface area contributed by atoms with Gasteiger partial charge in [0, 0.05) is 45.3 Å². The molecule has 0 spiro atoms. The Morgan fingerprint density at radius 3 is 2.39 bits per heavy atom. The van der Waals surface area contributed by atoms with Crippen LogP contribution in [0.2, 0.25) is 0 Å². The lowest BCUT2D eigenvalue weighted by atomic mass is 10.1. The second kappa shape index (κ2) is 8.62. The Balaban J connectivity index is 1.62. The van der Waals surface area contributed by atoms with Crippen molar-refractivity contribution >= 4 is 27.3 Å². The molecule has 0 unspecified atom stereocenters. The molecule has 2 saturated heterocycles. The van der Waals surface area contributed by atoms with Gasteiger partial charge in [-0.25, -0.2) is 8.42 Å². The number of benzene rings is 2. The Morgan fingerprint density at radius 2 is 1.70 bits per heavy atom. The summed E-state index contributed by atoms with van der Waals surface area (Å²) in [6, 6.07) is 8.86. The Hall–Kier alpha value is -2.62. The van der Waals surface area contributed by atoms with Gasteiger partial charge >= 0.3 is 0 Å². The van der Waals surface area contributed by atoms with Crippen molar-refractivity contribution in [3.63, 3.8) is 0 Å². The number of fused-ring (bicyclic) bond motifs is 2. The third kappa shape index (κ3) is 4.09. The number of carbonyl (C=O) groups is 1. The molecule has 3 aliphatic rings.